The van der Waals surface area contributed by atoms with Gasteiger partial charge in [0.25, 0.3) is 0 Å². The van der Waals surface area contributed by atoms with E-state index in [-0.39, 0.29) is 17.3 Å². The summed E-state index contributed by atoms with van der Waals surface area (Å²) in [4.78, 5) is 19.6. The lowest BCUT2D eigenvalue weighted by Gasteiger charge is -2.54. The Bertz CT molecular complexity index is 1230. The van der Waals surface area contributed by atoms with E-state index in [2.05, 4.69) is 22.1 Å². The molecule has 5 rings (SSSR count). The Morgan fingerprint density at radius 2 is 1.78 bits per heavy atom. The Balaban J connectivity index is 1.34. The number of aryl methyl sites for hydroxylation is 1. The van der Waals surface area contributed by atoms with Crippen molar-refractivity contribution in [1.29, 1.82) is 0 Å². The number of carbonyl (C=O) groups is 1. The van der Waals surface area contributed by atoms with Crippen molar-refractivity contribution in [2.75, 3.05) is 38.1 Å². The number of likely N-dealkylation sites (tertiary alicyclic amines) is 2. The van der Waals surface area contributed by atoms with Gasteiger partial charge in [0, 0.05) is 29.8 Å². The zero-order chi connectivity index (χ0) is 25.5. The van der Waals surface area contributed by atoms with Crippen LogP contribution in [-0.2, 0) is 12.7 Å². The largest absolute Gasteiger partial charge is 0.470 e. The van der Waals surface area contributed by atoms with Crippen molar-refractivity contribution < 1.29 is 22.4 Å². The van der Waals surface area contributed by atoms with E-state index >= 15 is 0 Å². The second-order valence-electron chi connectivity index (χ2n) is 9.91. The van der Waals surface area contributed by atoms with Gasteiger partial charge in [-0.25, -0.2) is 4.79 Å². The molecule has 0 atom stereocenters. The third kappa shape index (κ3) is 4.82. The summed E-state index contributed by atoms with van der Waals surface area (Å²) in [6.45, 7) is 5.82. The Hall–Kier alpha value is -3.40. The predicted molar refractivity (Wildman–Crippen MR) is 128 cm³/mol. The fraction of sp³-hybridized carbons (Fsp3) is 0.423. The number of piperidine rings is 1. The van der Waals surface area contributed by atoms with Crippen molar-refractivity contribution in [3.05, 3.63) is 65.5 Å². The minimum atomic E-state index is -4.69. The van der Waals surface area contributed by atoms with Gasteiger partial charge in [0.15, 0.2) is 0 Å². The molecule has 0 aliphatic carbocycles. The Morgan fingerprint density at radius 1 is 1.08 bits per heavy atom. The van der Waals surface area contributed by atoms with Crippen LogP contribution < -0.4 is 4.90 Å². The van der Waals surface area contributed by atoms with Crippen LogP contribution in [0.2, 0.25) is 0 Å². The molecule has 2 aliphatic heterocycles. The van der Waals surface area contributed by atoms with Crippen molar-refractivity contribution in [3.8, 4) is 11.5 Å². The maximum Gasteiger partial charge on any atom is 0.470 e. The van der Waals surface area contributed by atoms with Gasteiger partial charge in [-0.1, -0.05) is 24.3 Å². The van der Waals surface area contributed by atoms with E-state index in [0.29, 0.717) is 12.1 Å². The summed E-state index contributed by atoms with van der Waals surface area (Å²) in [7, 11) is 2.13. The van der Waals surface area contributed by atoms with Crippen molar-refractivity contribution >= 4 is 11.7 Å². The summed E-state index contributed by atoms with van der Waals surface area (Å²) in [6, 6.07) is 14.6. The fourth-order valence-electron chi connectivity index (χ4n) is 4.99. The molecule has 2 aromatic carbocycles. The SMILES string of the molecule is Cc1cc(-c2nnc(C(F)(F)F)o2)ccc1CN(C(=O)N1CC2(CCN(C)CC2)C1)c1ccccc1. The molecular formula is C26H28F3N5O2. The zero-order valence-corrected chi connectivity index (χ0v) is 20.3. The van der Waals surface area contributed by atoms with E-state index in [4.69, 9.17) is 4.42 Å². The van der Waals surface area contributed by atoms with Crippen LogP contribution in [0.3, 0.4) is 0 Å². The van der Waals surface area contributed by atoms with Gasteiger partial charge in [0.05, 0.1) is 6.54 Å². The maximum atomic E-state index is 13.6. The first kappa shape index (κ1) is 24.3. The second-order valence-corrected chi connectivity index (χ2v) is 9.91. The fourth-order valence-corrected chi connectivity index (χ4v) is 4.99. The molecule has 0 N–H and O–H groups in total. The van der Waals surface area contributed by atoms with E-state index in [9.17, 15) is 18.0 Å². The number of halogens is 3. The number of nitrogens with zero attached hydrogens (tertiary/aromatic N) is 5. The predicted octanol–water partition coefficient (Wildman–Crippen LogP) is 5.22. The van der Waals surface area contributed by atoms with E-state index < -0.39 is 12.1 Å². The van der Waals surface area contributed by atoms with Gasteiger partial charge >= 0.3 is 18.1 Å². The minimum Gasteiger partial charge on any atom is -0.413 e. The highest BCUT2D eigenvalue weighted by molar-refractivity contribution is 5.92. The monoisotopic (exact) mass is 499 g/mol. The number of amides is 2. The van der Waals surface area contributed by atoms with Gasteiger partial charge in [0.2, 0.25) is 5.89 Å². The molecule has 1 aromatic heterocycles. The lowest BCUT2D eigenvalue weighted by molar-refractivity contribution is -0.156. The maximum absolute atomic E-state index is 13.6. The number of urea groups is 1. The molecule has 2 saturated heterocycles. The molecule has 10 heteroatoms. The van der Waals surface area contributed by atoms with E-state index in [1.165, 1.54) is 0 Å². The summed E-state index contributed by atoms with van der Waals surface area (Å²) in [5.41, 5.74) is 3.09. The number of para-hydroxylation sites is 1. The van der Waals surface area contributed by atoms with Gasteiger partial charge in [-0.2, -0.15) is 13.2 Å². The Morgan fingerprint density at radius 3 is 2.39 bits per heavy atom. The summed E-state index contributed by atoms with van der Waals surface area (Å²) in [5.74, 6) is -1.58. The summed E-state index contributed by atoms with van der Waals surface area (Å²) in [6.07, 6.45) is -2.49. The van der Waals surface area contributed by atoms with Crippen LogP contribution in [-0.4, -0.2) is 59.3 Å². The van der Waals surface area contributed by atoms with Crippen LogP contribution in [0.4, 0.5) is 23.7 Å². The van der Waals surface area contributed by atoms with Gasteiger partial charge in [-0.3, -0.25) is 4.90 Å². The number of hydrogen-bond donors (Lipinski definition) is 0. The van der Waals surface area contributed by atoms with E-state index in [0.717, 1.165) is 55.8 Å². The normalized spacial score (nSPS) is 17.8. The van der Waals surface area contributed by atoms with E-state index in [1.807, 2.05) is 42.2 Å². The van der Waals surface area contributed by atoms with E-state index in [1.54, 1.807) is 23.1 Å². The number of rotatable bonds is 4. The summed E-state index contributed by atoms with van der Waals surface area (Å²) in [5, 5.41) is 6.64. The molecule has 3 heterocycles. The number of aromatic nitrogens is 2. The number of benzene rings is 2. The smallest absolute Gasteiger partial charge is 0.413 e. The molecule has 190 valence electrons. The third-order valence-corrected chi connectivity index (χ3v) is 7.26. The third-order valence-electron chi connectivity index (χ3n) is 7.26. The minimum absolute atomic E-state index is 0.0408. The van der Waals surface area contributed by atoms with Crippen LogP contribution >= 0.6 is 0 Å². The Kier molecular flexibility index (Phi) is 6.23. The molecule has 0 radical (unpaired) electrons. The van der Waals surface area contributed by atoms with Gasteiger partial charge in [-0.05, 0) is 75.3 Å². The van der Waals surface area contributed by atoms with Gasteiger partial charge in [-0.15, -0.1) is 10.2 Å². The first-order valence-corrected chi connectivity index (χ1v) is 11.9. The van der Waals surface area contributed by atoms with Crippen molar-refractivity contribution in [2.24, 2.45) is 5.41 Å². The van der Waals surface area contributed by atoms with Gasteiger partial charge in [0.1, 0.15) is 0 Å². The number of alkyl halides is 3. The Labute approximate surface area is 207 Å². The molecule has 36 heavy (non-hydrogen) atoms. The molecule has 1 spiro atoms. The van der Waals surface area contributed by atoms with Gasteiger partial charge < -0.3 is 14.2 Å². The van der Waals surface area contributed by atoms with Crippen molar-refractivity contribution in [3.63, 3.8) is 0 Å². The van der Waals surface area contributed by atoms with Crippen LogP contribution in [0, 0.1) is 12.3 Å². The van der Waals surface area contributed by atoms with Crippen LogP contribution in [0.5, 0.6) is 0 Å². The average Bonchev–Trinajstić information content (AvgIpc) is 3.34. The molecule has 0 saturated carbocycles. The molecule has 0 unspecified atom stereocenters. The molecule has 3 aromatic rings. The molecule has 2 aliphatic rings. The first-order valence-electron chi connectivity index (χ1n) is 11.9. The highest BCUT2D eigenvalue weighted by atomic mass is 19.4. The van der Waals surface area contributed by atoms with Crippen LogP contribution in [0.1, 0.15) is 29.9 Å². The lowest BCUT2D eigenvalue weighted by atomic mass is 9.72. The molecule has 7 nitrogen and oxygen atoms in total. The quantitative estimate of drug-likeness (QED) is 0.493. The highest BCUT2D eigenvalue weighted by Crippen LogP contribution is 2.41. The standard InChI is InChI=1S/C26H28F3N5O2/c1-18-14-19(22-30-31-23(36-22)26(27,28)29)8-9-20(18)15-34(21-6-4-3-5-7-21)24(35)33-16-25(17-33)10-12-32(2)13-11-25/h3-9,14H,10-13,15-17H2,1-2H3. The summed E-state index contributed by atoms with van der Waals surface area (Å²) < 4.78 is 43.3. The molecule has 2 fully saturated rings. The number of hydrogen-bond acceptors (Lipinski definition) is 5. The lowest BCUT2D eigenvalue weighted by Crippen LogP contribution is -2.63. The molecule has 2 amide bonds. The number of anilines is 1. The highest BCUT2D eigenvalue weighted by Gasteiger charge is 2.47. The average molecular weight is 500 g/mol. The molecule has 0 bridgehead atoms. The number of carbonyl (C=O) groups excluding carboxylic acids is 1. The first-order chi connectivity index (χ1) is 17.1. The zero-order valence-electron chi connectivity index (χ0n) is 20.3. The second kappa shape index (κ2) is 9.24. The van der Waals surface area contributed by atoms with Crippen LogP contribution in [0.15, 0.2) is 52.9 Å². The van der Waals surface area contributed by atoms with Crippen LogP contribution in [0.25, 0.3) is 11.5 Å². The topological polar surface area (TPSA) is 65.7 Å². The van der Waals surface area contributed by atoms with Crippen molar-refractivity contribution in [1.82, 2.24) is 20.0 Å². The molecular weight excluding hydrogens is 471 g/mol. The summed E-state index contributed by atoms with van der Waals surface area (Å²) >= 11 is 0. The van der Waals surface area contributed by atoms with Crippen molar-refractivity contribution in [2.45, 2.75) is 32.5 Å².